The molecule has 5 nitrogen and oxygen atoms in total. The number of nitrogens with zero attached hydrogens (tertiary/aromatic N) is 1. The summed E-state index contributed by atoms with van der Waals surface area (Å²) >= 11 is 0. The number of carbonyl (C=O) groups excluding carboxylic acids is 1. The molecule has 23 heavy (non-hydrogen) atoms. The lowest BCUT2D eigenvalue weighted by molar-refractivity contribution is -0.121. The summed E-state index contributed by atoms with van der Waals surface area (Å²) in [5.74, 6) is -0.645. The Balaban J connectivity index is 2.56. The Morgan fingerprint density at radius 3 is 2.57 bits per heavy atom. The minimum Gasteiger partial charge on any atom is -0.356 e. The first-order chi connectivity index (χ1) is 10.8. The van der Waals surface area contributed by atoms with Gasteiger partial charge in [-0.2, -0.15) is 4.31 Å². The number of hydrogen-bond donors (Lipinski definition) is 1. The lowest BCUT2D eigenvalue weighted by Gasteiger charge is -2.20. The van der Waals surface area contributed by atoms with Gasteiger partial charge in [-0.05, 0) is 12.5 Å². The zero-order chi connectivity index (χ0) is 17.3. The van der Waals surface area contributed by atoms with Crippen LogP contribution in [0.5, 0.6) is 0 Å². The molecule has 0 fully saturated rings. The standard InChI is InChI=1S/C16H25FN2O3S/c1-3-4-7-11-18-16(20)10-12-19(23(2,21)22)13-14-8-5-6-9-15(14)17/h5-6,8-9H,3-4,7,10-13H2,1-2H3,(H,18,20). The maximum Gasteiger partial charge on any atom is 0.221 e. The van der Waals surface area contributed by atoms with Gasteiger partial charge in [-0.15, -0.1) is 0 Å². The van der Waals surface area contributed by atoms with Crippen LogP contribution in [0.2, 0.25) is 0 Å². The van der Waals surface area contributed by atoms with E-state index in [9.17, 15) is 17.6 Å². The summed E-state index contributed by atoms with van der Waals surface area (Å²) in [4.78, 5) is 11.8. The van der Waals surface area contributed by atoms with Crippen molar-refractivity contribution in [3.8, 4) is 0 Å². The number of hydrogen-bond acceptors (Lipinski definition) is 3. The van der Waals surface area contributed by atoms with E-state index >= 15 is 0 Å². The largest absolute Gasteiger partial charge is 0.356 e. The number of carbonyl (C=O) groups is 1. The molecule has 0 saturated carbocycles. The third-order valence-electron chi connectivity index (χ3n) is 3.46. The van der Waals surface area contributed by atoms with Crippen LogP contribution in [0.1, 0.15) is 38.2 Å². The molecule has 1 aromatic carbocycles. The summed E-state index contributed by atoms with van der Waals surface area (Å²) in [6.07, 6.45) is 4.15. The third-order valence-corrected chi connectivity index (χ3v) is 4.71. The molecule has 130 valence electrons. The van der Waals surface area contributed by atoms with Crippen LogP contribution in [0, 0.1) is 5.82 Å². The molecule has 0 bridgehead atoms. The first kappa shape index (κ1) is 19.6. The van der Waals surface area contributed by atoms with Crippen molar-refractivity contribution in [3.63, 3.8) is 0 Å². The summed E-state index contributed by atoms with van der Waals surface area (Å²) < 4.78 is 38.5. The van der Waals surface area contributed by atoms with Gasteiger partial charge in [0.1, 0.15) is 5.82 Å². The van der Waals surface area contributed by atoms with Crippen LogP contribution in [-0.2, 0) is 21.4 Å². The smallest absolute Gasteiger partial charge is 0.221 e. The minimum atomic E-state index is -3.52. The van der Waals surface area contributed by atoms with Gasteiger partial charge < -0.3 is 5.32 Å². The van der Waals surface area contributed by atoms with Gasteiger partial charge in [-0.1, -0.05) is 38.0 Å². The molecule has 1 rings (SSSR count). The number of rotatable bonds is 10. The molecule has 0 spiro atoms. The Labute approximate surface area is 137 Å². The van der Waals surface area contributed by atoms with Gasteiger partial charge in [0.05, 0.1) is 6.26 Å². The van der Waals surface area contributed by atoms with E-state index in [1.807, 2.05) is 0 Å². The zero-order valence-corrected chi connectivity index (χ0v) is 14.5. The van der Waals surface area contributed by atoms with Crippen molar-refractivity contribution in [1.82, 2.24) is 9.62 Å². The molecule has 0 heterocycles. The molecule has 0 saturated heterocycles. The molecule has 0 aliphatic heterocycles. The van der Waals surface area contributed by atoms with Crippen LogP contribution in [0.15, 0.2) is 24.3 Å². The molecular formula is C16H25FN2O3S. The molecule has 0 unspecified atom stereocenters. The van der Waals surface area contributed by atoms with E-state index in [2.05, 4.69) is 12.2 Å². The van der Waals surface area contributed by atoms with Gasteiger partial charge in [0.25, 0.3) is 0 Å². The Morgan fingerprint density at radius 1 is 1.26 bits per heavy atom. The second kappa shape index (κ2) is 9.62. The van der Waals surface area contributed by atoms with Crippen LogP contribution in [-0.4, -0.2) is 38.0 Å². The Hall–Kier alpha value is -1.47. The van der Waals surface area contributed by atoms with Crippen LogP contribution in [0.3, 0.4) is 0 Å². The lowest BCUT2D eigenvalue weighted by Crippen LogP contribution is -2.34. The maximum absolute atomic E-state index is 13.7. The number of amides is 1. The van der Waals surface area contributed by atoms with Gasteiger partial charge in [0.2, 0.25) is 15.9 Å². The lowest BCUT2D eigenvalue weighted by atomic mass is 10.2. The fourth-order valence-corrected chi connectivity index (χ4v) is 2.89. The van der Waals surface area contributed by atoms with E-state index in [-0.39, 0.29) is 25.4 Å². The van der Waals surface area contributed by atoms with E-state index in [1.165, 1.54) is 6.07 Å². The molecule has 1 N–H and O–H groups in total. The van der Waals surface area contributed by atoms with Crippen molar-refractivity contribution in [2.45, 2.75) is 39.2 Å². The molecule has 0 aromatic heterocycles. The maximum atomic E-state index is 13.7. The number of nitrogens with one attached hydrogen (secondary N) is 1. The van der Waals surface area contributed by atoms with Crippen molar-refractivity contribution in [2.75, 3.05) is 19.3 Å². The highest BCUT2D eigenvalue weighted by atomic mass is 32.2. The van der Waals surface area contributed by atoms with Gasteiger partial charge in [-0.3, -0.25) is 4.79 Å². The summed E-state index contributed by atoms with van der Waals surface area (Å²) in [7, 11) is -3.52. The van der Waals surface area contributed by atoms with E-state index in [1.54, 1.807) is 18.2 Å². The summed E-state index contributed by atoms with van der Waals surface area (Å²) in [5.41, 5.74) is 0.293. The number of sulfonamides is 1. The van der Waals surface area contributed by atoms with Crippen LogP contribution in [0.25, 0.3) is 0 Å². The van der Waals surface area contributed by atoms with E-state index in [0.717, 1.165) is 29.8 Å². The average molecular weight is 344 g/mol. The molecule has 1 amide bonds. The Bertz CT molecular complexity index is 605. The monoisotopic (exact) mass is 344 g/mol. The summed E-state index contributed by atoms with van der Waals surface area (Å²) in [6, 6.07) is 6.03. The van der Waals surface area contributed by atoms with Crippen LogP contribution in [0.4, 0.5) is 4.39 Å². The second-order valence-corrected chi connectivity index (χ2v) is 7.48. The van der Waals surface area contributed by atoms with Crippen molar-refractivity contribution in [3.05, 3.63) is 35.6 Å². The number of unbranched alkanes of at least 4 members (excludes halogenated alkanes) is 2. The molecule has 0 radical (unpaired) electrons. The molecule has 0 aliphatic rings. The molecule has 0 aliphatic carbocycles. The zero-order valence-electron chi connectivity index (χ0n) is 13.7. The second-order valence-electron chi connectivity index (χ2n) is 5.50. The van der Waals surface area contributed by atoms with Crippen LogP contribution >= 0.6 is 0 Å². The predicted octanol–water partition coefficient (Wildman–Crippen LogP) is 2.28. The Kier molecular flexibility index (Phi) is 8.19. The fourth-order valence-electron chi connectivity index (χ4n) is 2.10. The van der Waals surface area contributed by atoms with E-state index in [0.29, 0.717) is 12.1 Å². The van der Waals surface area contributed by atoms with E-state index < -0.39 is 15.8 Å². The fraction of sp³-hybridized carbons (Fsp3) is 0.562. The highest BCUT2D eigenvalue weighted by molar-refractivity contribution is 7.88. The van der Waals surface area contributed by atoms with Crippen molar-refractivity contribution >= 4 is 15.9 Å². The summed E-state index contributed by atoms with van der Waals surface area (Å²) in [5, 5.41) is 2.77. The predicted molar refractivity (Wildman–Crippen MR) is 88.8 cm³/mol. The number of benzene rings is 1. The molecule has 1 aromatic rings. The first-order valence-corrected chi connectivity index (χ1v) is 9.64. The highest BCUT2D eigenvalue weighted by Crippen LogP contribution is 2.12. The SMILES string of the molecule is CCCCCNC(=O)CCN(Cc1ccccc1F)S(C)(=O)=O. The van der Waals surface area contributed by atoms with Crippen LogP contribution < -0.4 is 5.32 Å². The average Bonchev–Trinajstić information content (AvgIpc) is 2.48. The van der Waals surface area contributed by atoms with Gasteiger partial charge >= 0.3 is 0 Å². The summed E-state index contributed by atoms with van der Waals surface area (Å²) in [6.45, 7) is 2.63. The third kappa shape index (κ3) is 7.56. The molecular weight excluding hydrogens is 319 g/mol. The van der Waals surface area contributed by atoms with Gasteiger partial charge in [0.15, 0.2) is 0 Å². The van der Waals surface area contributed by atoms with Gasteiger partial charge in [-0.25, -0.2) is 12.8 Å². The Morgan fingerprint density at radius 2 is 1.96 bits per heavy atom. The normalized spacial score (nSPS) is 11.7. The highest BCUT2D eigenvalue weighted by Gasteiger charge is 2.19. The first-order valence-electron chi connectivity index (χ1n) is 7.79. The van der Waals surface area contributed by atoms with E-state index in [4.69, 9.17) is 0 Å². The van der Waals surface area contributed by atoms with Gasteiger partial charge in [0, 0.05) is 31.6 Å². The minimum absolute atomic E-state index is 0.0345. The molecule has 0 atom stereocenters. The number of halogens is 1. The van der Waals surface area contributed by atoms with Crippen molar-refractivity contribution < 1.29 is 17.6 Å². The van der Waals surface area contributed by atoms with Crippen molar-refractivity contribution in [1.29, 1.82) is 0 Å². The van der Waals surface area contributed by atoms with Crippen molar-refractivity contribution in [2.24, 2.45) is 0 Å². The topological polar surface area (TPSA) is 66.5 Å². The molecule has 7 heteroatoms. The quantitative estimate of drug-likeness (QED) is 0.662.